The Kier molecular flexibility index (Phi) is 5.09. The molecule has 10 nitrogen and oxygen atoms in total. The van der Waals surface area contributed by atoms with E-state index >= 15 is 0 Å². The minimum Gasteiger partial charge on any atom is -0.373 e. The van der Waals surface area contributed by atoms with Gasteiger partial charge in [-0.05, 0) is 25.7 Å². The Morgan fingerprint density at radius 2 is 0.875 bits per heavy atom. The lowest BCUT2D eigenvalue weighted by Gasteiger charge is -2.18. The van der Waals surface area contributed by atoms with E-state index < -0.39 is 0 Å². The fourth-order valence-electron chi connectivity index (χ4n) is 6.80. The van der Waals surface area contributed by atoms with Gasteiger partial charge in [0.1, 0.15) is 0 Å². The van der Waals surface area contributed by atoms with E-state index in [1.807, 2.05) is 0 Å². The zero-order valence-electron chi connectivity index (χ0n) is 18.0. The number of carbonyl (C=O) groups is 4. The van der Waals surface area contributed by atoms with Gasteiger partial charge in [-0.25, -0.2) is 0 Å². The van der Waals surface area contributed by atoms with Crippen LogP contribution in [0.1, 0.15) is 25.7 Å². The molecule has 4 bridgehead atoms. The number of imide groups is 2. The summed E-state index contributed by atoms with van der Waals surface area (Å²) >= 11 is 0. The van der Waals surface area contributed by atoms with E-state index in [1.165, 1.54) is 9.80 Å². The third kappa shape index (κ3) is 2.99. The molecule has 8 atom stereocenters. The van der Waals surface area contributed by atoms with Crippen molar-refractivity contribution in [3.8, 4) is 0 Å². The minimum absolute atomic E-state index is 0.0692. The molecule has 6 aliphatic rings. The number of likely N-dealkylation sites (tertiary alicyclic amines) is 2. The quantitative estimate of drug-likeness (QED) is 0.324. The summed E-state index contributed by atoms with van der Waals surface area (Å²) in [5.74, 6) is -1.35. The van der Waals surface area contributed by atoms with Gasteiger partial charge in [-0.1, -0.05) is 0 Å². The van der Waals surface area contributed by atoms with Crippen molar-refractivity contribution in [1.82, 2.24) is 20.4 Å². The lowest BCUT2D eigenvalue weighted by molar-refractivity contribution is -0.144. The van der Waals surface area contributed by atoms with E-state index in [0.29, 0.717) is 39.3 Å². The Morgan fingerprint density at radius 3 is 1.19 bits per heavy atom. The molecule has 0 aromatic heterocycles. The summed E-state index contributed by atoms with van der Waals surface area (Å²) < 4.78 is 11.5. The van der Waals surface area contributed by atoms with Gasteiger partial charge in [0.2, 0.25) is 23.6 Å². The largest absolute Gasteiger partial charge is 0.373 e. The van der Waals surface area contributed by atoms with E-state index in [-0.39, 0.29) is 71.7 Å². The first kappa shape index (κ1) is 20.7. The number of nitrogens with zero attached hydrogens (tertiary/aromatic N) is 2. The average Bonchev–Trinajstić information content (AvgIpc) is 3.61. The van der Waals surface area contributed by atoms with Gasteiger partial charge in [0.05, 0.1) is 48.1 Å². The highest BCUT2D eigenvalue weighted by molar-refractivity contribution is 6.07. The molecule has 0 aromatic rings. The van der Waals surface area contributed by atoms with Crippen LogP contribution < -0.4 is 10.6 Å². The molecule has 6 aliphatic heterocycles. The summed E-state index contributed by atoms with van der Waals surface area (Å²) in [6.45, 7) is 3.20. The molecule has 32 heavy (non-hydrogen) atoms. The van der Waals surface area contributed by atoms with Gasteiger partial charge in [-0.3, -0.25) is 29.0 Å². The molecule has 2 N–H and O–H groups in total. The van der Waals surface area contributed by atoms with E-state index in [4.69, 9.17) is 9.47 Å². The standard InChI is InChI=1S/C22H30N4O6/c27-19-15-11-1-2-12(31-11)16(15)20(28)25(19)9-7-23-5-6-24-8-10-26-21(29)17-13-3-4-14(32-13)18(17)22(26)30/h11-18,23-24H,1-10H2. The highest BCUT2D eigenvalue weighted by Gasteiger charge is 2.63. The molecule has 8 unspecified atom stereocenters. The third-order valence-electron chi connectivity index (χ3n) is 8.25. The third-order valence-corrected chi connectivity index (χ3v) is 8.25. The van der Waals surface area contributed by atoms with Crippen molar-refractivity contribution < 1.29 is 28.7 Å². The first-order chi connectivity index (χ1) is 15.6. The predicted molar refractivity (Wildman–Crippen MR) is 109 cm³/mol. The summed E-state index contributed by atoms with van der Waals surface area (Å²) in [6.07, 6.45) is 3.25. The molecule has 6 fully saturated rings. The van der Waals surface area contributed by atoms with Crippen molar-refractivity contribution >= 4 is 23.6 Å². The van der Waals surface area contributed by atoms with E-state index in [2.05, 4.69) is 10.6 Å². The van der Waals surface area contributed by atoms with Crippen LogP contribution in [0.4, 0.5) is 0 Å². The first-order valence-corrected chi connectivity index (χ1v) is 12.0. The van der Waals surface area contributed by atoms with Gasteiger partial charge in [0, 0.05) is 39.3 Å². The number of rotatable bonds is 9. The number of fused-ring (bicyclic) bond motifs is 10. The van der Waals surface area contributed by atoms with Crippen LogP contribution in [0.25, 0.3) is 0 Å². The first-order valence-electron chi connectivity index (χ1n) is 12.0. The fourth-order valence-corrected chi connectivity index (χ4v) is 6.80. The maximum Gasteiger partial charge on any atom is 0.235 e. The second-order valence-electron chi connectivity index (χ2n) is 9.84. The van der Waals surface area contributed by atoms with Crippen molar-refractivity contribution in [2.45, 2.75) is 50.1 Å². The zero-order chi connectivity index (χ0) is 22.0. The molecule has 0 aromatic carbocycles. The molecule has 4 amide bonds. The Bertz CT molecular complexity index is 726. The van der Waals surface area contributed by atoms with Crippen molar-refractivity contribution in [3.05, 3.63) is 0 Å². The summed E-state index contributed by atoms with van der Waals surface area (Å²) in [6, 6.07) is 0. The molecule has 0 radical (unpaired) electrons. The Balaban J connectivity index is 0.880. The van der Waals surface area contributed by atoms with Gasteiger partial charge in [0.25, 0.3) is 0 Å². The van der Waals surface area contributed by atoms with Crippen LogP contribution in [-0.4, -0.2) is 97.1 Å². The maximum atomic E-state index is 12.6. The Morgan fingerprint density at radius 1 is 0.562 bits per heavy atom. The van der Waals surface area contributed by atoms with Gasteiger partial charge in [-0.15, -0.1) is 0 Å². The molecule has 0 aliphatic carbocycles. The normalized spacial score (nSPS) is 41.5. The summed E-state index contributed by atoms with van der Waals surface area (Å²) in [7, 11) is 0. The van der Waals surface area contributed by atoms with Crippen molar-refractivity contribution in [2.24, 2.45) is 23.7 Å². The van der Waals surface area contributed by atoms with E-state index in [0.717, 1.165) is 25.7 Å². The van der Waals surface area contributed by atoms with E-state index in [9.17, 15) is 19.2 Å². The van der Waals surface area contributed by atoms with Crippen molar-refractivity contribution in [2.75, 3.05) is 39.3 Å². The highest BCUT2D eigenvalue weighted by atomic mass is 16.5. The SMILES string of the molecule is O=C1C2C3CCC(O3)C2C(=O)N1CCNCCNCCN1C(=O)C2C3CCC(O3)C2C1=O. The number of ether oxygens (including phenoxy) is 2. The van der Waals surface area contributed by atoms with Crippen LogP contribution in [0.5, 0.6) is 0 Å². The van der Waals surface area contributed by atoms with Crippen molar-refractivity contribution in [3.63, 3.8) is 0 Å². The minimum atomic E-state index is -0.264. The molecule has 6 heterocycles. The Hall–Kier alpha value is -1.88. The molecule has 174 valence electrons. The number of nitrogens with one attached hydrogen (secondary N) is 2. The van der Waals surface area contributed by atoms with Crippen LogP contribution in [-0.2, 0) is 28.7 Å². The monoisotopic (exact) mass is 446 g/mol. The summed E-state index contributed by atoms with van der Waals surface area (Å²) in [4.78, 5) is 53.2. The van der Waals surface area contributed by atoms with Gasteiger partial charge < -0.3 is 20.1 Å². The fraction of sp³-hybridized carbons (Fsp3) is 0.818. The molecule has 10 heteroatoms. The van der Waals surface area contributed by atoms with Gasteiger partial charge in [0.15, 0.2) is 0 Å². The number of amides is 4. The van der Waals surface area contributed by atoms with Gasteiger partial charge >= 0.3 is 0 Å². The lowest BCUT2D eigenvalue weighted by Crippen LogP contribution is -2.42. The van der Waals surface area contributed by atoms with Crippen LogP contribution in [0, 0.1) is 23.7 Å². The predicted octanol–water partition coefficient (Wildman–Crippen LogP) is -1.51. The second-order valence-corrected chi connectivity index (χ2v) is 9.84. The Labute approximate surface area is 186 Å². The summed E-state index contributed by atoms with van der Waals surface area (Å²) in [5, 5.41) is 6.50. The zero-order valence-corrected chi connectivity index (χ0v) is 18.0. The lowest BCUT2D eigenvalue weighted by atomic mass is 9.81. The van der Waals surface area contributed by atoms with Crippen LogP contribution in [0.2, 0.25) is 0 Å². The average molecular weight is 447 g/mol. The molecule has 6 saturated heterocycles. The summed E-state index contributed by atoms with van der Waals surface area (Å²) in [5.41, 5.74) is 0. The number of hydrogen-bond acceptors (Lipinski definition) is 8. The van der Waals surface area contributed by atoms with Crippen LogP contribution in [0.15, 0.2) is 0 Å². The molecular formula is C22H30N4O6. The van der Waals surface area contributed by atoms with Crippen LogP contribution in [0.3, 0.4) is 0 Å². The molecule has 0 spiro atoms. The molecule has 6 rings (SSSR count). The number of carbonyl (C=O) groups excluding carboxylic acids is 4. The van der Waals surface area contributed by atoms with Crippen LogP contribution >= 0.6 is 0 Å². The second kappa shape index (κ2) is 7.86. The maximum absolute atomic E-state index is 12.6. The highest BCUT2D eigenvalue weighted by Crippen LogP contribution is 2.49. The number of hydrogen-bond donors (Lipinski definition) is 2. The molecular weight excluding hydrogens is 416 g/mol. The van der Waals surface area contributed by atoms with Crippen molar-refractivity contribution in [1.29, 1.82) is 0 Å². The topological polar surface area (TPSA) is 117 Å². The smallest absolute Gasteiger partial charge is 0.235 e. The van der Waals surface area contributed by atoms with E-state index in [1.54, 1.807) is 0 Å². The molecule has 0 saturated carbocycles. The van der Waals surface area contributed by atoms with Gasteiger partial charge in [-0.2, -0.15) is 0 Å².